The molecule has 0 saturated carbocycles. The fourth-order valence-corrected chi connectivity index (χ4v) is 3.15. The maximum Gasteiger partial charge on any atom is 0.417 e. The molecule has 1 atom stereocenters. The lowest BCUT2D eigenvalue weighted by molar-refractivity contribution is -0.139. The molecule has 0 amide bonds. The monoisotopic (exact) mass is 451 g/mol. The highest BCUT2D eigenvalue weighted by molar-refractivity contribution is 6.33. The molecule has 160 valence electrons. The van der Waals surface area contributed by atoms with E-state index in [0.717, 1.165) is 22.2 Å². The number of alkyl halides is 3. The maximum absolute atomic E-state index is 13.0. The second kappa shape index (κ2) is 7.67. The molecule has 0 radical (unpaired) electrons. The minimum Gasteiger partial charge on any atom is -0.480 e. The highest BCUT2D eigenvalue weighted by atomic mass is 35.5. The zero-order valence-corrected chi connectivity index (χ0v) is 16.2. The predicted molar refractivity (Wildman–Crippen MR) is 103 cm³/mol. The Morgan fingerprint density at radius 2 is 1.94 bits per heavy atom. The highest BCUT2D eigenvalue weighted by Crippen LogP contribution is 2.33. The summed E-state index contributed by atoms with van der Waals surface area (Å²) in [6.45, 7) is 0. The lowest BCUT2D eigenvalue weighted by Crippen LogP contribution is -2.32. The van der Waals surface area contributed by atoms with E-state index in [1.807, 2.05) is 0 Å². The van der Waals surface area contributed by atoms with Gasteiger partial charge in [0.1, 0.15) is 11.7 Å². The van der Waals surface area contributed by atoms with Crippen molar-refractivity contribution in [3.63, 3.8) is 0 Å². The number of aromatic nitrogens is 4. The minimum absolute atomic E-state index is 0.000279. The van der Waals surface area contributed by atoms with Crippen LogP contribution >= 0.6 is 11.6 Å². The van der Waals surface area contributed by atoms with Crippen molar-refractivity contribution in [2.75, 3.05) is 0 Å². The topological polar surface area (TPSA) is 120 Å². The molecule has 8 nitrogen and oxygen atoms in total. The molecule has 1 aromatic carbocycles. The van der Waals surface area contributed by atoms with E-state index in [9.17, 15) is 18.0 Å². The molecule has 0 fully saturated rings. The Hall–Kier alpha value is -3.44. The van der Waals surface area contributed by atoms with E-state index in [0.29, 0.717) is 5.56 Å². The van der Waals surface area contributed by atoms with E-state index < -0.39 is 23.8 Å². The number of pyridine rings is 1. The molecule has 4 aromatic rings. The van der Waals surface area contributed by atoms with Crippen LogP contribution in [0.5, 0.6) is 0 Å². The average molecular weight is 452 g/mol. The van der Waals surface area contributed by atoms with E-state index >= 15 is 0 Å². The van der Waals surface area contributed by atoms with Crippen LogP contribution in [0.1, 0.15) is 11.1 Å². The standard InChI is InChI=1S/C19H13ClF3N5O3/c20-12-6-11(19(21,22)23)7-28-8-14(25-16(12)28)17-26-15(27-31-17)10-3-1-9(2-4-10)5-13(24)18(29)30/h1-4,6-8,13H,5,24H2,(H,29,30). The Morgan fingerprint density at radius 3 is 2.58 bits per heavy atom. The molecule has 3 heterocycles. The lowest BCUT2D eigenvalue weighted by Gasteiger charge is -2.07. The van der Waals surface area contributed by atoms with E-state index in [-0.39, 0.29) is 34.5 Å². The highest BCUT2D eigenvalue weighted by Gasteiger charge is 2.32. The number of rotatable bonds is 5. The summed E-state index contributed by atoms with van der Waals surface area (Å²) in [4.78, 5) is 19.3. The molecule has 3 aromatic heterocycles. The van der Waals surface area contributed by atoms with Crippen molar-refractivity contribution in [1.82, 2.24) is 19.5 Å². The first-order valence-corrected chi connectivity index (χ1v) is 9.17. The Balaban J connectivity index is 1.61. The second-order valence-corrected chi connectivity index (χ2v) is 7.11. The van der Waals surface area contributed by atoms with Gasteiger partial charge in [-0.05, 0) is 18.1 Å². The summed E-state index contributed by atoms with van der Waals surface area (Å²) < 4.78 is 45.3. The van der Waals surface area contributed by atoms with Crippen LogP contribution in [0.4, 0.5) is 13.2 Å². The molecule has 31 heavy (non-hydrogen) atoms. The maximum atomic E-state index is 13.0. The minimum atomic E-state index is -4.56. The quantitative estimate of drug-likeness (QED) is 0.475. The van der Waals surface area contributed by atoms with Gasteiger partial charge in [0.05, 0.1) is 10.6 Å². The van der Waals surface area contributed by atoms with Crippen molar-refractivity contribution >= 4 is 23.2 Å². The van der Waals surface area contributed by atoms with Gasteiger partial charge in [0.15, 0.2) is 5.65 Å². The fourth-order valence-electron chi connectivity index (χ4n) is 2.89. The molecule has 3 N–H and O–H groups in total. The zero-order chi connectivity index (χ0) is 22.3. The number of nitrogens with two attached hydrogens (primary N) is 1. The molecule has 0 aliphatic rings. The number of imidazole rings is 1. The number of fused-ring (bicyclic) bond motifs is 1. The smallest absolute Gasteiger partial charge is 0.417 e. The van der Waals surface area contributed by atoms with Crippen LogP contribution in [0.15, 0.2) is 47.2 Å². The summed E-state index contributed by atoms with van der Waals surface area (Å²) in [7, 11) is 0. The van der Waals surface area contributed by atoms with Gasteiger partial charge in [0, 0.05) is 18.0 Å². The van der Waals surface area contributed by atoms with Crippen LogP contribution in [-0.2, 0) is 17.4 Å². The Morgan fingerprint density at radius 1 is 1.23 bits per heavy atom. The Labute approximate surface area is 177 Å². The third kappa shape index (κ3) is 4.23. The normalized spacial score (nSPS) is 12.9. The van der Waals surface area contributed by atoms with Crippen LogP contribution in [0.3, 0.4) is 0 Å². The first-order valence-electron chi connectivity index (χ1n) is 8.79. The van der Waals surface area contributed by atoms with Gasteiger partial charge in [-0.3, -0.25) is 4.79 Å². The van der Waals surface area contributed by atoms with Crippen LogP contribution in [0, 0.1) is 0 Å². The number of carbonyl (C=O) groups is 1. The fraction of sp³-hybridized carbons (Fsp3) is 0.158. The number of hydrogen-bond acceptors (Lipinski definition) is 6. The Bertz CT molecular complexity index is 1270. The third-order valence-electron chi connectivity index (χ3n) is 4.46. The number of carboxylic acid groups (broad SMARTS) is 1. The van der Waals surface area contributed by atoms with Gasteiger partial charge < -0.3 is 19.8 Å². The van der Waals surface area contributed by atoms with E-state index in [1.165, 1.54) is 6.20 Å². The molecule has 0 aliphatic heterocycles. The van der Waals surface area contributed by atoms with Gasteiger partial charge in [-0.25, -0.2) is 4.98 Å². The van der Waals surface area contributed by atoms with Gasteiger partial charge in [-0.15, -0.1) is 0 Å². The lowest BCUT2D eigenvalue weighted by atomic mass is 10.0. The molecule has 4 rings (SSSR count). The van der Waals surface area contributed by atoms with Crippen molar-refractivity contribution in [2.24, 2.45) is 5.73 Å². The SMILES string of the molecule is NC(Cc1ccc(-c2noc(-c3cn4cc(C(F)(F)F)cc(Cl)c4n3)n2)cc1)C(=O)O. The first kappa shape index (κ1) is 20.8. The van der Waals surface area contributed by atoms with E-state index in [1.54, 1.807) is 24.3 Å². The summed E-state index contributed by atoms with van der Waals surface area (Å²) in [5, 5.41) is 12.6. The van der Waals surface area contributed by atoms with Gasteiger partial charge in [0.25, 0.3) is 5.89 Å². The number of aliphatic carboxylic acids is 1. The van der Waals surface area contributed by atoms with Crippen LogP contribution < -0.4 is 5.73 Å². The van der Waals surface area contributed by atoms with Gasteiger partial charge in [0.2, 0.25) is 5.82 Å². The zero-order valence-electron chi connectivity index (χ0n) is 15.5. The van der Waals surface area contributed by atoms with Crippen molar-refractivity contribution in [1.29, 1.82) is 0 Å². The number of hydrogen-bond donors (Lipinski definition) is 2. The molecule has 0 saturated heterocycles. The predicted octanol–water partition coefficient (Wildman–Crippen LogP) is 3.68. The van der Waals surface area contributed by atoms with Crippen molar-refractivity contribution in [3.8, 4) is 23.0 Å². The summed E-state index contributed by atoms with van der Waals surface area (Å²) in [6.07, 6.45) is -2.21. The van der Waals surface area contributed by atoms with Crippen LogP contribution in [0.25, 0.3) is 28.6 Å². The van der Waals surface area contributed by atoms with Crippen molar-refractivity contribution in [3.05, 3.63) is 58.9 Å². The van der Waals surface area contributed by atoms with Crippen molar-refractivity contribution in [2.45, 2.75) is 18.6 Å². The molecular weight excluding hydrogens is 439 g/mol. The second-order valence-electron chi connectivity index (χ2n) is 6.70. The number of nitrogens with zero attached hydrogens (tertiary/aromatic N) is 4. The third-order valence-corrected chi connectivity index (χ3v) is 4.74. The number of carboxylic acids is 1. The number of benzene rings is 1. The van der Waals surface area contributed by atoms with Gasteiger partial charge in [-0.2, -0.15) is 18.2 Å². The van der Waals surface area contributed by atoms with Gasteiger partial charge >= 0.3 is 12.1 Å². The Kier molecular flexibility index (Phi) is 5.15. The van der Waals surface area contributed by atoms with Crippen LogP contribution in [-0.4, -0.2) is 36.6 Å². The molecule has 12 heteroatoms. The summed E-state index contributed by atoms with van der Waals surface area (Å²) in [5.74, 6) is -0.870. The number of halogens is 4. The van der Waals surface area contributed by atoms with E-state index in [2.05, 4.69) is 15.1 Å². The summed E-state index contributed by atoms with van der Waals surface area (Å²) >= 11 is 5.94. The molecule has 0 aliphatic carbocycles. The summed E-state index contributed by atoms with van der Waals surface area (Å²) in [5.41, 5.74) is 6.19. The first-order chi connectivity index (χ1) is 14.6. The molecule has 0 bridgehead atoms. The van der Waals surface area contributed by atoms with Gasteiger partial charge in [-0.1, -0.05) is 41.0 Å². The largest absolute Gasteiger partial charge is 0.480 e. The summed E-state index contributed by atoms with van der Waals surface area (Å²) in [6, 6.07) is 6.52. The molecular formula is C19H13ClF3N5O3. The van der Waals surface area contributed by atoms with Crippen LogP contribution in [0.2, 0.25) is 5.02 Å². The molecule has 0 spiro atoms. The van der Waals surface area contributed by atoms with E-state index in [4.69, 9.17) is 27.0 Å². The molecule has 1 unspecified atom stereocenters. The van der Waals surface area contributed by atoms with Crippen molar-refractivity contribution < 1.29 is 27.6 Å². The average Bonchev–Trinajstić information content (AvgIpc) is 3.35.